The molecule has 0 bridgehead atoms. The van der Waals surface area contributed by atoms with Gasteiger partial charge in [-0.05, 0) is 42.5 Å². The molecule has 0 radical (unpaired) electrons. The van der Waals surface area contributed by atoms with E-state index in [1.807, 2.05) is 28.8 Å². The molecule has 0 aliphatic heterocycles. The van der Waals surface area contributed by atoms with Gasteiger partial charge in [0.25, 0.3) is 0 Å². The van der Waals surface area contributed by atoms with E-state index in [1.54, 1.807) is 43.5 Å². The summed E-state index contributed by atoms with van der Waals surface area (Å²) >= 11 is 0. The van der Waals surface area contributed by atoms with E-state index in [0.717, 1.165) is 27.5 Å². The number of rotatable bonds is 4. The summed E-state index contributed by atoms with van der Waals surface area (Å²) in [5, 5.41) is 21.1. The molecule has 1 aromatic heterocycles. The number of nitrogens with zero attached hydrogens (tertiary/aromatic N) is 1. The van der Waals surface area contributed by atoms with Gasteiger partial charge in [0.2, 0.25) is 5.91 Å². The first-order chi connectivity index (χ1) is 13.0. The Morgan fingerprint density at radius 3 is 2.19 bits per heavy atom. The van der Waals surface area contributed by atoms with Gasteiger partial charge in [-0.3, -0.25) is 4.79 Å². The van der Waals surface area contributed by atoms with Crippen LogP contribution in [0.4, 0.5) is 0 Å². The zero-order valence-electron chi connectivity index (χ0n) is 14.6. The maximum atomic E-state index is 11.4. The predicted octanol–water partition coefficient (Wildman–Crippen LogP) is 2.87. The number of carbonyl (C=O) groups is 1. The molecule has 6 heteroatoms. The standard InChI is InChI=1S/C21H18N2O4/c1-27-15-7-9-17-16-8-4-13(21(25)26)10-18(16)23(19(17)11-15)14-5-2-12(3-6-14)20(22)24/h2-11,21,25-26H,1H3,(H2,22,24). The quantitative estimate of drug-likeness (QED) is 0.486. The zero-order chi connectivity index (χ0) is 19.1. The Hall–Kier alpha value is -3.35. The molecule has 6 nitrogen and oxygen atoms in total. The van der Waals surface area contributed by atoms with Gasteiger partial charge >= 0.3 is 0 Å². The Bertz CT molecular complexity index is 1160. The lowest BCUT2D eigenvalue weighted by Crippen LogP contribution is -2.10. The predicted molar refractivity (Wildman–Crippen MR) is 103 cm³/mol. The number of benzene rings is 3. The smallest absolute Gasteiger partial charge is 0.248 e. The van der Waals surface area contributed by atoms with Crippen LogP contribution in [-0.4, -0.2) is 27.8 Å². The second kappa shape index (κ2) is 6.42. The van der Waals surface area contributed by atoms with Crippen molar-refractivity contribution in [1.82, 2.24) is 4.57 Å². The third kappa shape index (κ3) is 2.81. The Balaban J connectivity index is 2.07. The Labute approximate surface area is 155 Å². The highest BCUT2D eigenvalue weighted by Gasteiger charge is 2.15. The number of hydrogen-bond donors (Lipinski definition) is 3. The number of fused-ring (bicyclic) bond motifs is 3. The van der Waals surface area contributed by atoms with Crippen molar-refractivity contribution in [3.8, 4) is 11.4 Å². The molecule has 0 fully saturated rings. The molecule has 1 amide bonds. The molecule has 1 heterocycles. The molecule has 0 atom stereocenters. The molecule has 0 saturated carbocycles. The van der Waals surface area contributed by atoms with Gasteiger partial charge in [0.1, 0.15) is 5.75 Å². The minimum atomic E-state index is -1.56. The van der Waals surface area contributed by atoms with Crippen molar-refractivity contribution in [2.24, 2.45) is 5.73 Å². The van der Waals surface area contributed by atoms with E-state index in [9.17, 15) is 15.0 Å². The van der Waals surface area contributed by atoms with Gasteiger partial charge < -0.3 is 25.3 Å². The number of ether oxygens (including phenoxy) is 1. The van der Waals surface area contributed by atoms with Gasteiger partial charge in [0.15, 0.2) is 6.29 Å². The summed E-state index contributed by atoms with van der Waals surface area (Å²) in [5.74, 6) is 0.221. The summed E-state index contributed by atoms with van der Waals surface area (Å²) < 4.78 is 7.36. The number of carbonyl (C=O) groups excluding carboxylic acids is 1. The monoisotopic (exact) mass is 362 g/mol. The Morgan fingerprint density at radius 1 is 0.963 bits per heavy atom. The summed E-state index contributed by atoms with van der Waals surface area (Å²) in [6, 6.07) is 18.0. The third-order valence-electron chi connectivity index (χ3n) is 4.71. The number of amides is 1. The van der Waals surface area contributed by atoms with Crippen LogP contribution in [0, 0.1) is 0 Å². The molecule has 0 unspecified atom stereocenters. The molecule has 4 aromatic rings. The van der Waals surface area contributed by atoms with E-state index in [1.165, 1.54) is 0 Å². The van der Waals surface area contributed by atoms with Crippen molar-refractivity contribution in [2.75, 3.05) is 7.11 Å². The van der Waals surface area contributed by atoms with Gasteiger partial charge in [-0.25, -0.2) is 0 Å². The second-order valence-electron chi connectivity index (χ2n) is 6.28. The van der Waals surface area contributed by atoms with Gasteiger partial charge in [0, 0.05) is 33.7 Å². The fraction of sp³-hybridized carbons (Fsp3) is 0.0952. The summed E-state index contributed by atoms with van der Waals surface area (Å²) in [6.45, 7) is 0. The Kier molecular flexibility index (Phi) is 4.07. The fourth-order valence-electron chi connectivity index (χ4n) is 3.36. The lowest BCUT2D eigenvalue weighted by atomic mass is 10.1. The van der Waals surface area contributed by atoms with Crippen LogP contribution >= 0.6 is 0 Å². The number of methoxy groups -OCH3 is 1. The molecule has 0 aliphatic carbocycles. The number of aliphatic hydroxyl groups excluding tert-OH is 1. The van der Waals surface area contributed by atoms with Crippen molar-refractivity contribution < 1.29 is 19.7 Å². The number of hydrogen-bond acceptors (Lipinski definition) is 4. The Morgan fingerprint density at radius 2 is 1.59 bits per heavy atom. The minimum Gasteiger partial charge on any atom is -0.497 e. The van der Waals surface area contributed by atoms with Crippen molar-refractivity contribution in [3.05, 3.63) is 71.8 Å². The van der Waals surface area contributed by atoms with Crippen molar-refractivity contribution in [3.63, 3.8) is 0 Å². The van der Waals surface area contributed by atoms with Crippen molar-refractivity contribution >= 4 is 27.7 Å². The zero-order valence-corrected chi connectivity index (χ0v) is 14.6. The average Bonchev–Trinajstić information content (AvgIpc) is 3.00. The first kappa shape index (κ1) is 17.1. The molecule has 4 rings (SSSR count). The highest BCUT2D eigenvalue weighted by atomic mass is 16.5. The fourth-order valence-corrected chi connectivity index (χ4v) is 3.36. The van der Waals surface area contributed by atoms with Crippen LogP contribution in [0.2, 0.25) is 0 Å². The van der Waals surface area contributed by atoms with Crippen molar-refractivity contribution in [1.29, 1.82) is 0 Å². The second-order valence-corrected chi connectivity index (χ2v) is 6.28. The summed E-state index contributed by atoms with van der Waals surface area (Å²) in [5.41, 5.74) is 8.69. The summed E-state index contributed by atoms with van der Waals surface area (Å²) in [4.78, 5) is 11.4. The molecular weight excluding hydrogens is 344 g/mol. The maximum absolute atomic E-state index is 11.4. The summed E-state index contributed by atoms with van der Waals surface area (Å²) in [6.07, 6.45) is -1.56. The minimum absolute atomic E-state index is 0.396. The number of nitrogens with two attached hydrogens (primary N) is 1. The van der Waals surface area contributed by atoms with E-state index in [-0.39, 0.29) is 0 Å². The van der Waals surface area contributed by atoms with Gasteiger partial charge in [-0.15, -0.1) is 0 Å². The van der Waals surface area contributed by atoms with E-state index >= 15 is 0 Å². The highest BCUT2D eigenvalue weighted by Crippen LogP contribution is 2.35. The van der Waals surface area contributed by atoms with Gasteiger partial charge in [-0.2, -0.15) is 0 Å². The van der Waals surface area contributed by atoms with Crippen LogP contribution in [0.25, 0.3) is 27.5 Å². The molecule has 0 saturated heterocycles. The number of aliphatic hydroxyl groups is 2. The van der Waals surface area contributed by atoms with Crippen LogP contribution in [0.5, 0.6) is 5.75 Å². The van der Waals surface area contributed by atoms with E-state index in [2.05, 4.69) is 0 Å². The van der Waals surface area contributed by atoms with Crippen molar-refractivity contribution in [2.45, 2.75) is 6.29 Å². The number of primary amides is 1. The molecule has 0 aliphatic rings. The molecule has 136 valence electrons. The van der Waals surface area contributed by atoms with E-state index in [0.29, 0.717) is 16.9 Å². The largest absolute Gasteiger partial charge is 0.497 e. The van der Waals surface area contributed by atoms with Gasteiger partial charge in [0.05, 0.1) is 18.1 Å². The first-order valence-corrected chi connectivity index (χ1v) is 8.38. The molecule has 0 spiro atoms. The van der Waals surface area contributed by atoms with E-state index in [4.69, 9.17) is 10.5 Å². The maximum Gasteiger partial charge on any atom is 0.248 e. The third-order valence-corrected chi connectivity index (χ3v) is 4.71. The topological polar surface area (TPSA) is 97.7 Å². The normalized spacial score (nSPS) is 11.4. The van der Waals surface area contributed by atoms with Gasteiger partial charge in [-0.1, -0.05) is 12.1 Å². The average molecular weight is 362 g/mol. The van der Waals surface area contributed by atoms with E-state index < -0.39 is 12.2 Å². The van der Waals surface area contributed by atoms with Crippen LogP contribution < -0.4 is 10.5 Å². The summed E-state index contributed by atoms with van der Waals surface area (Å²) in [7, 11) is 1.61. The number of aromatic nitrogens is 1. The molecule has 4 N–H and O–H groups in total. The molecule has 27 heavy (non-hydrogen) atoms. The lowest BCUT2D eigenvalue weighted by molar-refractivity contribution is -0.0424. The first-order valence-electron chi connectivity index (χ1n) is 8.38. The van der Waals surface area contributed by atoms with Crippen LogP contribution in [0.3, 0.4) is 0 Å². The van der Waals surface area contributed by atoms with Crippen LogP contribution in [0.1, 0.15) is 22.2 Å². The van der Waals surface area contributed by atoms with Crippen LogP contribution in [-0.2, 0) is 0 Å². The molecular formula is C21H18N2O4. The van der Waals surface area contributed by atoms with Crippen LogP contribution in [0.15, 0.2) is 60.7 Å². The highest BCUT2D eigenvalue weighted by molar-refractivity contribution is 6.09. The molecule has 3 aromatic carbocycles. The SMILES string of the molecule is COc1ccc2c3ccc(C(O)O)cc3n(-c3ccc(C(N)=O)cc3)c2c1. The lowest BCUT2D eigenvalue weighted by Gasteiger charge is -2.10.